The fourth-order valence-corrected chi connectivity index (χ4v) is 4.64. The Balaban J connectivity index is 0.000000605. The van der Waals surface area contributed by atoms with Gasteiger partial charge in [-0.25, -0.2) is 0 Å². The SMILES string of the molecule is C1=CSC(=C2SC=CS2)S1.[Cl-]. The molecule has 11 heavy (non-hydrogen) atoms. The summed E-state index contributed by atoms with van der Waals surface area (Å²) in [6.07, 6.45) is 0. The van der Waals surface area contributed by atoms with E-state index < -0.39 is 0 Å². The summed E-state index contributed by atoms with van der Waals surface area (Å²) in [6, 6.07) is 0. The van der Waals surface area contributed by atoms with E-state index in [9.17, 15) is 0 Å². The largest absolute Gasteiger partial charge is 1.00 e. The van der Waals surface area contributed by atoms with Crippen LogP contribution in [0.15, 0.2) is 30.1 Å². The van der Waals surface area contributed by atoms with Gasteiger partial charge in [-0.15, -0.1) is 0 Å². The minimum atomic E-state index is 0. The molecule has 0 saturated heterocycles. The van der Waals surface area contributed by atoms with Crippen LogP contribution in [0.5, 0.6) is 0 Å². The van der Waals surface area contributed by atoms with Crippen molar-refractivity contribution in [3.8, 4) is 0 Å². The normalized spacial score (nSPS) is 21.1. The second-order valence-corrected chi connectivity index (χ2v) is 5.77. The molecule has 5 heteroatoms. The molecule has 2 aliphatic heterocycles. The monoisotopic (exact) mass is 239 g/mol. The number of halogens is 1. The van der Waals surface area contributed by atoms with Crippen molar-refractivity contribution in [1.82, 2.24) is 0 Å². The van der Waals surface area contributed by atoms with Crippen molar-refractivity contribution in [1.29, 1.82) is 0 Å². The lowest BCUT2D eigenvalue weighted by molar-refractivity contribution is -0.00000158. The highest BCUT2D eigenvalue weighted by molar-refractivity contribution is 8.33. The number of hydrogen-bond donors (Lipinski definition) is 0. The molecule has 0 atom stereocenters. The Labute approximate surface area is 89.1 Å². The predicted molar refractivity (Wildman–Crippen MR) is 55.7 cm³/mol. The lowest BCUT2D eigenvalue weighted by Crippen LogP contribution is -3.00. The molecule has 0 aromatic rings. The lowest BCUT2D eigenvalue weighted by atomic mass is 11.2. The molecule has 0 nitrogen and oxygen atoms in total. The van der Waals surface area contributed by atoms with Crippen LogP contribution in [0.2, 0.25) is 0 Å². The molecule has 0 aliphatic carbocycles. The van der Waals surface area contributed by atoms with E-state index in [1.54, 1.807) is 0 Å². The Morgan fingerprint density at radius 1 is 0.636 bits per heavy atom. The molecule has 0 radical (unpaired) electrons. The topological polar surface area (TPSA) is 0 Å². The van der Waals surface area contributed by atoms with E-state index in [0.717, 1.165) is 0 Å². The van der Waals surface area contributed by atoms with Gasteiger partial charge < -0.3 is 12.4 Å². The highest BCUT2D eigenvalue weighted by atomic mass is 35.5. The van der Waals surface area contributed by atoms with Crippen LogP contribution in [0.4, 0.5) is 0 Å². The van der Waals surface area contributed by atoms with Crippen LogP contribution in [-0.4, -0.2) is 0 Å². The van der Waals surface area contributed by atoms with Gasteiger partial charge in [0.2, 0.25) is 0 Å². The molecule has 2 rings (SSSR count). The van der Waals surface area contributed by atoms with Crippen LogP contribution >= 0.6 is 47.0 Å². The van der Waals surface area contributed by atoms with Gasteiger partial charge in [0.15, 0.2) is 0 Å². The van der Waals surface area contributed by atoms with E-state index in [1.807, 2.05) is 47.0 Å². The van der Waals surface area contributed by atoms with Crippen molar-refractivity contribution < 1.29 is 12.4 Å². The summed E-state index contributed by atoms with van der Waals surface area (Å²) in [6.45, 7) is 0. The van der Waals surface area contributed by atoms with Crippen molar-refractivity contribution in [2.45, 2.75) is 0 Å². The molecular weight excluding hydrogens is 236 g/mol. The third kappa shape index (κ3) is 2.42. The van der Waals surface area contributed by atoms with Gasteiger partial charge in [0.25, 0.3) is 0 Å². The maximum atomic E-state index is 2.13. The molecule has 0 amide bonds. The van der Waals surface area contributed by atoms with E-state index in [1.165, 1.54) is 8.47 Å². The molecule has 0 spiro atoms. The first-order chi connectivity index (χ1) is 4.97. The maximum absolute atomic E-state index is 2.13. The van der Waals surface area contributed by atoms with E-state index in [-0.39, 0.29) is 12.4 Å². The van der Waals surface area contributed by atoms with Crippen molar-refractivity contribution >= 4 is 47.0 Å². The molecule has 0 N–H and O–H groups in total. The Bertz CT molecular complexity index is 187. The van der Waals surface area contributed by atoms with Crippen LogP contribution in [0.3, 0.4) is 0 Å². The summed E-state index contributed by atoms with van der Waals surface area (Å²) >= 11 is 7.28. The van der Waals surface area contributed by atoms with Crippen LogP contribution in [0.25, 0.3) is 0 Å². The second kappa shape index (κ2) is 4.82. The summed E-state index contributed by atoms with van der Waals surface area (Å²) in [5, 5.41) is 8.53. The standard InChI is InChI=1S/C6H4S4.ClH/c1-2-8-5(7-1)6-9-3-4-10-6;/h1-4H;1H/p-1. The van der Waals surface area contributed by atoms with Crippen molar-refractivity contribution in [2.75, 3.05) is 0 Å². The lowest BCUT2D eigenvalue weighted by Gasteiger charge is -1.97. The Hall–Kier alpha value is 0.910. The minimum Gasteiger partial charge on any atom is -1.00 e. The van der Waals surface area contributed by atoms with Crippen molar-refractivity contribution in [2.24, 2.45) is 0 Å². The summed E-state index contributed by atoms with van der Waals surface area (Å²) < 4.78 is 2.86. The Morgan fingerprint density at radius 2 is 0.909 bits per heavy atom. The van der Waals surface area contributed by atoms with Gasteiger partial charge in [-0.1, -0.05) is 47.0 Å². The zero-order valence-electron chi connectivity index (χ0n) is 5.32. The van der Waals surface area contributed by atoms with Crippen LogP contribution in [-0.2, 0) is 0 Å². The molecule has 0 saturated carbocycles. The van der Waals surface area contributed by atoms with Crippen molar-refractivity contribution in [3.05, 3.63) is 30.1 Å². The number of hydrogen-bond acceptors (Lipinski definition) is 4. The quantitative estimate of drug-likeness (QED) is 0.619. The molecule has 0 aromatic heterocycles. The summed E-state index contributed by atoms with van der Waals surface area (Å²) in [7, 11) is 0. The van der Waals surface area contributed by atoms with Gasteiger partial charge in [0.1, 0.15) is 0 Å². The van der Waals surface area contributed by atoms with E-state index >= 15 is 0 Å². The Kier molecular flexibility index (Phi) is 4.38. The summed E-state index contributed by atoms with van der Waals surface area (Å²) in [4.78, 5) is 0. The fourth-order valence-electron chi connectivity index (χ4n) is 0.606. The molecule has 2 aliphatic rings. The second-order valence-electron chi connectivity index (χ2n) is 1.59. The average Bonchev–Trinajstić information content (AvgIpc) is 2.59. The third-order valence-corrected chi connectivity index (χ3v) is 5.76. The van der Waals surface area contributed by atoms with E-state index in [2.05, 4.69) is 21.6 Å². The highest BCUT2D eigenvalue weighted by Gasteiger charge is 2.12. The predicted octanol–water partition coefficient (Wildman–Crippen LogP) is 1.02. The number of thioether (sulfide) groups is 4. The molecule has 0 fully saturated rings. The van der Waals surface area contributed by atoms with E-state index in [4.69, 9.17) is 0 Å². The van der Waals surface area contributed by atoms with Gasteiger partial charge in [-0.05, 0) is 21.6 Å². The molecule has 0 aromatic carbocycles. The van der Waals surface area contributed by atoms with Crippen molar-refractivity contribution in [3.63, 3.8) is 0 Å². The van der Waals surface area contributed by atoms with Crippen LogP contribution in [0.1, 0.15) is 0 Å². The fraction of sp³-hybridized carbons (Fsp3) is 0. The average molecular weight is 240 g/mol. The van der Waals surface area contributed by atoms with E-state index in [0.29, 0.717) is 0 Å². The first kappa shape index (κ1) is 9.99. The summed E-state index contributed by atoms with van der Waals surface area (Å²) in [5.74, 6) is 0. The maximum Gasteiger partial charge on any atom is 0.0694 e. The molecule has 0 unspecified atom stereocenters. The number of rotatable bonds is 0. The van der Waals surface area contributed by atoms with Crippen LogP contribution < -0.4 is 12.4 Å². The minimum absolute atomic E-state index is 0. The highest BCUT2D eigenvalue weighted by Crippen LogP contribution is 2.50. The molecule has 60 valence electrons. The third-order valence-electron chi connectivity index (χ3n) is 0.978. The van der Waals surface area contributed by atoms with Gasteiger partial charge in [0.05, 0.1) is 8.47 Å². The molecule has 0 bridgehead atoms. The van der Waals surface area contributed by atoms with Crippen LogP contribution in [0, 0.1) is 0 Å². The first-order valence-corrected chi connectivity index (χ1v) is 6.19. The Morgan fingerprint density at radius 3 is 1.18 bits per heavy atom. The smallest absolute Gasteiger partial charge is 0.0694 e. The summed E-state index contributed by atoms with van der Waals surface area (Å²) in [5.41, 5.74) is 0. The van der Waals surface area contributed by atoms with Gasteiger partial charge in [-0.3, -0.25) is 0 Å². The zero-order valence-corrected chi connectivity index (χ0v) is 9.34. The van der Waals surface area contributed by atoms with Gasteiger partial charge in [-0.2, -0.15) is 0 Å². The first-order valence-electron chi connectivity index (χ1n) is 2.68. The van der Waals surface area contributed by atoms with Gasteiger partial charge in [0, 0.05) is 0 Å². The molecular formula is C6H4ClS4-. The van der Waals surface area contributed by atoms with Gasteiger partial charge >= 0.3 is 0 Å². The zero-order chi connectivity index (χ0) is 6.81. The molecule has 2 heterocycles.